The van der Waals surface area contributed by atoms with E-state index in [2.05, 4.69) is 37.3 Å². The Bertz CT molecular complexity index is 182. The molecule has 0 aromatic carbocycles. The van der Waals surface area contributed by atoms with E-state index in [4.69, 9.17) is 0 Å². The first-order valence-electron chi connectivity index (χ1n) is 4.43. The van der Waals surface area contributed by atoms with Crippen molar-refractivity contribution in [2.45, 2.75) is 32.6 Å². The predicted molar refractivity (Wildman–Crippen MR) is 50.5 cm³/mol. The summed E-state index contributed by atoms with van der Waals surface area (Å²) in [5, 5.41) is 0. The maximum atomic E-state index is 2.27. The van der Waals surface area contributed by atoms with Crippen LogP contribution >= 0.6 is 0 Å². The van der Waals surface area contributed by atoms with E-state index in [0.29, 0.717) is 0 Å². The molecule has 0 aromatic heterocycles. The van der Waals surface area contributed by atoms with Crippen molar-refractivity contribution >= 4 is 0 Å². The van der Waals surface area contributed by atoms with Gasteiger partial charge in [0.2, 0.25) is 0 Å². The molecule has 0 spiro atoms. The van der Waals surface area contributed by atoms with E-state index in [1.807, 2.05) is 0 Å². The zero-order chi connectivity index (χ0) is 7.94. The third-order valence-electron chi connectivity index (χ3n) is 1.88. The van der Waals surface area contributed by atoms with Crippen molar-refractivity contribution in [2.24, 2.45) is 0 Å². The quantitative estimate of drug-likeness (QED) is 0.536. The number of hydrogen-bond acceptors (Lipinski definition) is 0. The summed E-state index contributed by atoms with van der Waals surface area (Å²) in [5.74, 6) is 0. The molecule has 1 rings (SSSR count). The summed E-state index contributed by atoms with van der Waals surface area (Å²) < 4.78 is 0. The van der Waals surface area contributed by atoms with Crippen LogP contribution in [0.1, 0.15) is 32.6 Å². The summed E-state index contributed by atoms with van der Waals surface area (Å²) in [7, 11) is 0. The predicted octanol–water partition coefficient (Wildman–Crippen LogP) is 3.62. The molecule has 60 valence electrons. The van der Waals surface area contributed by atoms with Gasteiger partial charge in [-0.05, 0) is 25.7 Å². The first kappa shape index (κ1) is 8.32. The molecule has 0 aromatic rings. The largest absolute Gasteiger partial charge is 0.0885 e. The first-order valence-corrected chi connectivity index (χ1v) is 4.43. The fraction of sp³-hybridized carbons (Fsp3) is 0.455. The third kappa shape index (κ3) is 3.22. The van der Waals surface area contributed by atoms with Crippen LogP contribution in [0.2, 0.25) is 0 Å². The van der Waals surface area contributed by atoms with Crippen LogP contribution in [0.3, 0.4) is 0 Å². The van der Waals surface area contributed by atoms with Crippen molar-refractivity contribution in [1.29, 1.82) is 0 Å². The lowest BCUT2D eigenvalue weighted by molar-refractivity contribution is 0.923. The van der Waals surface area contributed by atoms with Gasteiger partial charge < -0.3 is 0 Å². The van der Waals surface area contributed by atoms with Crippen LogP contribution in [0.4, 0.5) is 0 Å². The molecule has 1 aliphatic rings. The van der Waals surface area contributed by atoms with Crippen molar-refractivity contribution in [2.75, 3.05) is 0 Å². The van der Waals surface area contributed by atoms with E-state index in [9.17, 15) is 0 Å². The van der Waals surface area contributed by atoms with Crippen LogP contribution in [-0.4, -0.2) is 0 Å². The van der Waals surface area contributed by atoms with Gasteiger partial charge in [-0.25, -0.2) is 0 Å². The Morgan fingerprint density at radius 1 is 1.45 bits per heavy atom. The fourth-order valence-electron chi connectivity index (χ4n) is 1.22. The summed E-state index contributed by atoms with van der Waals surface area (Å²) in [6.45, 7) is 2.17. The molecule has 11 heavy (non-hydrogen) atoms. The van der Waals surface area contributed by atoms with Gasteiger partial charge in [0, 0.05) is 0 Å². The van der Waals surface area contributed by atoms with Gasteiger partial charge in [-0.15, -0.1) is 0 Å². The molecular weight excluding hydrogens is 132 g/mol. The van der Waals surface area contributed by atoms with Crippen LogP contribution < -0.4 is 0 Å². The molecule has 0 amide bonds. The molecule has 0 aliphatic heterocycles. The lowest BCUT2D eigenvalue weighted by Crippen LogP contribution is -1.84. The molecule has 0 bridgehead atoms. The Balaban J connectivity index is 2.30. The van der Waals surface area contributed by atoms with Crippen molar-refractivity contribution in [3.63, 3.8) is 0 Å². The topological polar surface area (TPSA) is 0 Å². The average molecular weight is 148 g/mol. The van der Waals surface area contributed by atoms with Crippen LogP contribution in [0, 0.1) is 0 Å². The van der Waals surface area contributed by atoms with Crippen LogP contribution in [-0.2, 0) is 0 Å². The summed E-state index contributed by atoms with van der Waals surface area (Å²) in [5.41, 5.74) is 1.57. The van der Waals surface area contributed by atoms with Crippen molar-refractivity contribution in [3.8, 4) is 0 Å². The molecule has 0 heteroatoms. The van der Waals surface area contributed by atoms with E-state index < -0.39 is 0 Å². The molecule has 0 nitrogen and oxygen atoms in total. The molecule has 0 saturated heterocycles. The highest BCUT2D eigenvalue weighted by atomic mass is 14.0. The maximum absolute atomic E-state index is 2.27. The molecule has 0 fully saturated rings. The van der Waals surface area contributed by atoms with Crippen LogP contribution in [0.5, 0.6) is 0 Å². The molecule has 1 aliphatic carbocycles. The van der Waals surface area contributed by atoms with Gasteiger partial charge in [-0.1, -0.05) is 42.9 Å². The molecule has 0 N–H and O–H groups in total. The summed E-state index contributed by atoms with van der Waals surface area (Å²) >= 11 is 0. The SMILES string of the molecule is CCC=CCC1=CC=CCC1. The van der Waals surface area contributed by atoms with Crippen molar-refractivity contribution in [1.82, 2.24) is 0 Å². The molecule has 0 saturated carbocycles. The highest BCUT2D eigenvalue weighted by Gasteiger charge is 1.95. The summed E-state index contributed by atoms with van der Waals surface area (Å²) in [6, 6.07) is 0. The normalized spacial score (nSPS) is 17.4. The minimum Gasteiger partial charge on any atom is -0.0885 e. The minimum atomic E-state index is 1.15. The number of allylic oxidation sites excluding steroid dienone is 6. The number of hydrogen-bond donors (Lipinski definition) is 0. The second-order valence-electron chi connectivity index (χ2n) is 2.88. The van der Waals surface area contributed by atoms with Gasteiger partial charge in [-0.3, -0.25) is 0 Å². The Hall–Kier alpha value is -0.780. The Labute approximate surface area is 69.3 Å². The molecule has 0 unspecified atom stereocenters. The van der Waals surface area contributed by atoms with Gasteiger partial charge in [0.1, 0.15) is 0 Å². The van der Waals surface area contributed by atoms with E-state index >= 15 is 0 Å². The van der Waals surface area contributed by atoms with E-state index in [1.54, 1.807) is 5.57 Å². The van der Waals surface area contributed by atoms with E-state index in [1.165, 1.54) is 12.8 Å². The molecule has 0 heterocycles. The first-order chi connectivity index (χ1) is 5.43. The summed E-state index contributed by atoms with van der Waals surface area (Å²) in [4.78, 5) is 0. The highest BCUT2D eigenvalue weighted by Crippen LogP contribution is 2.15. The standard InChI is InChI=1S/C11H16/c1-2-3-5-8-11-9-6-4-7-10-11/h3-6,9H,2,7-8,10H2,1H3. The van der Waals surface area contributed by atoms with E-state index in [-0.39, 0.29) is 0 Å². The zero-order valence-corrected chi connectivity index (χ0v) is 7.22. The van der Waals surface area contributed by atoms with Gasteiger partial charge >= 0.3 is 0 Å². The highest BCUT2D eigenvalue weighted by molar-refractivity contribution is 5.19. The second-order valence-corrected chi connectivity index (χ2v) is 2.88. The van der Waals surface area contributed by atoms with Crippen molar-refractivity contribution < 1.29 is 0 Å². The maximum Gasteiger partial charge on any atom is -0.0136 e. The average Bonchev–Trinajstić information content (AvgIpc) is 2.07. The van der Waals surface area contributed by atoms with Gasteiger partial charge in [0.15, 0.2) is 0 Å². The van der Waals surface area contributed by atoms with Gasteiger partial charge in [0.25, 0.3) is 0 Å². The fourth-order valence-corrected chi connectivity index (χ4v) is 1.22. The third-order valence-corrected chi connectivity index (χ3v) is 1.88. The molecular formula is C11H16. The zero-order valence-electron chi connectivity index (χ0n) is 7.22. The van der Waals surface area contributed by atoms with Gasteiger partial charge in [-0.2, -0.15) is 0 Å². The lowest BCUT2D eigenvalue weighted by Gasteiger charge is -2.04. The smallest absolute Gasteiger partial charge is 0.0136 e. The molecule has 0 atom stereocenters. The Morgan fingerprint density at radius 2 is 2.36 bits per heavy atom. The minimum absolute atomic E-state index is 1.15. The van der Waals surface area contributed by atoms with Crippen molar-refractivity contribution in [3.05, 3.63) is 36.0 Å². The van der Waals surface area contributed by atoms with Crippen LogP contribution in [0.25, 0.3) is 0 Å². The lowest BCUT2D eigenvalue weighted by atomic mass is 10.0. The number of rotatable bonds is 3. The van der Waals surface area contributed by atoms with Crippen LogP contribution in [0.15, 0.2) is 36.0 Å². The summed E-state index contributed by atoms with van der Waals surface area (Å²) in [6.07, 6.45) is 15.9. The van der Waals surface area contributed by atoms with E-state index in [0.717, 1.165) is 12.8 Å². The molecule has 0 radical (unpaired) electrons. The van der Waals surface area contributed by atoms with Gasteiger partial charge in [0.05, 0.1) is 0 Å². The second kappa shape index (κ2) is 4.95. The monoisotopic (exact) mass is 148 g/mol. The Kier molecular flexibility index (Phi) is 3.74. The Morgan fingerprint density at radius 3 is 3.00 bits per heavy atom.